The number of hydrogen-bond acceptors (Lipinski definition) is 4. The molecule has 2 N–H and O–H groups in total. The van der Waals surface area contributed by atoms with E-state index in [-0.39, 0.29) is 17.4 Å². The molecule has 0 radical (unpaired) electrons. The third kappa shape index (κ3) is 4.28. The lowest BCUT2D eigenvalue weighted by Crippen LogP contribution is -2.35. The van der Waals surface area contributed by atoms with Gasteiger partial charge in [0, 0.05) is 6.54 Å². The molecule has 1 fully saturated rings. The molecule has 1 aliphatic rings. The number of aliphatic hydroxyl groups is 1. The van der Waals surface area contributed by atoms with Crippen LogP contribution in [0.3, 0.4) is 0 Å². The summed E-state index contributed by atoms with van der Waals surface area (Å²) in [6.07, 6.45) is 0.769. The SMILES string of the molecule is CC(O)(CCNC(=O)C1CCS(=O)(=O)C1)c1ccccc1. The molecule has 6 heteroatoms. The van der Waals surface area contributed by atoms with Gasteiger partial charge in [-0.15, -0.1) is 0 Å². The van der Waals surface area contributed by atoms with Crippen molar-refractivity contribution in [2.45, 2.75) is 25.4 Å². The van der Waals surface area contributed by atoms with Crippen LogP contribution in [0.5, 0.6) is 0 Å². The molecule has 1 aliphatic heterocycles. The molecule has 1 saturated heterocycles. The third-order valence-electron chi connectivity index (χ3n) is 3.91. The molecular weight excluding hydrogens is 290 g/mol. The van der Waals surface area contributed by atoms with Gasteiger partial charge in [-0.3, -0.25) is 4.79 Å². The fourth-order valence-corrected chi connectivity index (χ4v) is 4.26. The van der Waals surface area contributed by atoms with E-state index >= 15 is 0 Å². The first-order valence-corrected chi connectivity index (χ1v) is 8.88. The van der Waals surface area contributed by atoms with E-state index in [0.29, 0.717) is 19.4 Å². The highest BCUT2D eigenvalue weighted by molar-refractivity contribution is 7.91. The summed E-state index contributed by atoms with van der Waals surface area (Å²) >= 11 is 0. The first-order chi connectivity index (χ1) is 9.80. The lowest BCUT2D eigenvalue weighted by Gasteiger charge is -2.24. The Morgan fingerprint density at radius 1 is 1.38 bits per heavy atom. The van der Waals surface area contributed by atoms with E-state index in [0.717, 1.165) is 5.56 Å². The van der Waals surface area contributed by atoms with Gasteiger partial charge in [-0.05, 0) is 25.3 Å². The Balaban J connectivity index is 1.83. The van der Waals surface area contributed by atoms with Gasteiger partial charge in [0.1, 0.15) is 0 Å². The topological polar surface area (TPSA) is 83.5 Å². The highest BCUT2D eigenvalue weighted by Crippen LogP contribution is 2.24. The molecule has 0 bridgehead atoms. The average molecular weight is 311 g/mol. The second kappa shape index (κ2) is 6.15. The van der Waals surface area contributed by atoms with Gasteiger partial charge in [-0.25, -0.2) is 8.42 Å². The standard InChI is InChI=1S/C15H21NO4S/c1-15(18,13-5-3-2-4-6-13)8-9-16-14(17)12-7-10-21(19,20)11-12/h2-6,12,18H,7-11H2,1H3,(H,16,17). The largest absolute Gasteiger partial charge is 0.385 e. The molecule has 5 nitrogen and oxygen atoms in total. The Bertz CT molecular complexity index is 595. The van der Waals surface area contributed by atoms with E-state index in [1.165, 1.54) is 0 Å². The Morgan fingerprint density at radius 2 is 2.05 bits per heavy atom. The van der Waals surface area contributed by atoms with Crippen molar-refractivity contribution in [1.29, 1.82) is 0 Å². The highest BCUT2D eigenvalue weighted by Gasteiger charge is 2.33. The summed E-state index contributed by atoms with van der Waals surface area (Å²) in [5.74, 6) is -0.655. The fraction of sp³-hybridized carbons (Fsp3) is 0.533. The van der Waals surface area contributed by atoms with Crippen molar-refractivity contribution in [1.82, 2.24) is 5.32 Å². The van der Waals surface area contributed by atoms with Crippen LogP contribution < -0.4 is 5.32 Å². The Morgan fingerprint density at radius 3 is 2.62 bits per heavy atom. The minimum atomic E-state index is -3.05. The first-order valence-electron chi connectivity index (χ1n) is 7.06. The maximum Gasteiger partial charge on any atom is 0.224 e. The van der Waals surface area contributed by atoms with Crippen LogP contribution in [-0.2, 0) is 20.2 Å². The maximum absolute atomic E-state index is 11.9. The molecule has 2 atom stereocenters. The predicted octanol–water partition coefficient (Wildman–Crippen LogP) is 0.835. The van der Waals surface area contributed by atoms with Crippen molar-refractivity contribution in [2.24, 2.45) is 5.92 Å². The van der Waals surface area contributed by atoms with Crippen LogP contribution in [0.1, 0.15) is 25.3 Å². The Labute approximate surface area is 125 Å². The normalized spacial score (nSPS) is 23.4. The quantitative estimate of drug-likeness (QED) is 0.844. The van der Waals surface area contributed by atoms with E-state index < -0.39 is 21.4 Å². The van der Waals surface area contributed by atoms with Crippen molar-refractivity contribution in [3.8, 4) is 0 Å². The zero-order chi connectivity index (χ0) is 15.5. The lowest BCUT2D eigenvalue weighted by molar-refractivity contribution is -0.124. The summed E-state index contributed by atoms with van der Waals surface area (Å²) in [4.78, 5) is 11.9. The number of nitrogens with one attached hydrogen (secondary N) is 1. The van der Waals surface area contributed by atoms with Crippen LogP contribution >= 0.6 is 0 Å². The first kappa shape index (κ1) is 16.0. The van der Waals surface area contributed by atoms with Gasteiger partial charge in [0.25, 0.3) is 0 Å². The molecule has 2 unspecified atom stereocenters. The molecule has 0 spiro atoms. The van der Waals surface area contributed by atoms with E-state index in [1.54, 1.807) is 6.92 Å². The summed E-state index contributed by atoms with van der Waals surface area (Å²) in [7, 11) is -3.05. The van der Waals surface area contributed by atoms with Crippen LogP contribution in [0, 0.1) is 5.92 Å². The molecule has 21 heavy (non-hydrogen) atoms. The Hall–Kier alpha value is -1.40. The van der Waals surface area contributed by atoms with Gasteiger partial charge in [0.2, 0.25) is 5.91 Å². The van der Waals surface area contributed by atoms with Gasteiger partial charge < -0.3 is 10.4 Å². The number of carbonyl (C=O) groups is 1. The van der Waals surface area contributed by atoms with Crippen molar-refractivity contribution < 1.29 is 18.3 Å². The second-order valence-corrected chi connectivity index (χ2v) is 8.01. The van der Waals surface area contributed by atoms with Crippen molar-refractivity contribution in [3.63, 3.8) is 0 Å². The summed E-state index contributed by atoms with van der Waals surface area (Å²) in [6, 6.07) is 9.26. The van der Waals surface area contributed by atoms with Gasteiger partial charge in [0.05, 0.1) is 23.0 Å². The smallest absolute Gasteiger partial charge is 0.224 e. The lowest BCUT2D eigenvalue weighted by atomic mass is 9.92. The minimum Gasteiger partial charge on any atom is -0.385 e. The number of rotatable bonds is 5. The molecule has 1 aromatic rings. The highest BCUT2D eigenvalue weighted by atomic mass is 32.2. The molecule has 0 saturated carbocycles. The van der Waals surface area contributed by atoms with Crippen LogP contribution in [-0.4, -0.2) is 37.5 Å². The monoisotopic (exact) mass is 311 g/mol. The molecular formula is C15H21NO4S. The minimum absolute atomic E-state index is 0.0616. The van der Waals surface area contributed by atoms with E-state index in [9.17, 15) is 18.3 Å². The zero-order valence-electron chi connectivity index (χ0n) is 12.1. The number of carbonyl (C=O) groups excluding carboxylic acids is 1. The number of amides is 1. The molecule has 116 valence electrons. The molecule has 0 aromatic heterocycles. The van der Waals surface area contributed by atoms with E-state index in [2.05, 4.69) is 5.32 Å². The molecule has 1 heterocycles. The number of hydrogen-bond donors (Lipinski definition) is 2. The van der Waals surface area contributed by atoms with Gasteiger partial charge in [0.15, 0.2) is 9.84 Å². The molecule has 2 rings (SSSR count). The van der Waals surface area contributed by atoms with Crippen LogP contribution in [0.25, 0.3) is 0 Å². The molecule has 1 aromatic carbocycles. The van der Waals surface area contributed by atoms with Gasteiger partial charge in [-0.2, -0.15) is 0 Å². The van der Waals surface area contributed by atoms with Gasteiger partial charge in [-0.1, -0.05) is 30.3 Å². The third-order valence-corrected chi connectivity index (χ3v) is 5.68. The van der Waals surface area contributed by atoms with E-state index in [1.807, 2.05) is 30.3 Å². The zero-order valence-corrected chi connectivity index (χ0v) is 12.9. The predicted molar refractivity (Wildman–Crippen MR) is 80.4 cm³/mol. The summed E-state index contributed by atoms with van der Waals surface area (Å²) < 4.78 is 22.7. The molecule has 0 aliphatic carbocycles. The van der Waals surface area contributed by atoms with Crippen LogP contribution in [0.15, 0.2) is 30.3 Å². The number of benzene rings is 1. The number of sulfone groups is 1. The fourth-order valence-electron chi connectivity index (χ4n) is 2.52. The van der Waals surface area contributed by atoms with Crippen LogP contribution in [0.2, 0.25) is 0 Å². The Kier molecular flexibility index (Phi) is 4.68. The van der Waals surface area contributed by atoms with Crippen molar-refractivity contribution in [3.05, 3.63) is 35.9 Å². The van der Waals surface area contributed by atoms with Gasteiger partial charge >= 0.3 is 0 Å². The molecule has 1 amide bonds. The summed E-state index contributed by atoms with van der Waals surface area (Å²) in [6.45, 7) is 2.02. The summed E-state index contributed by atoms with van der Waals surface area (Å²) in [5.41, 5.74) is -0.223. The van der Waals surface area contributed by atoms with Crippen LogP contribution in [0.4, 0.5) is 0 Å². The maximum atomic E-state index is 11.9. The summed E-state index contributed by atoms with van der Waals surface area (Å²) in [5, 5.41) is 13.1. The van der Waals surface area contributed by atoms with Crippen molar-refractivity contribution in [2.75, 3.05) is 18.1 Å². The average Bonchev–Trinajstić information content (AvgIpc) is 2.80. The second-order valence-electron chi connectivity index (χ2n) is 5.78. The van der Waals surface area contributed by atoms with E-state index in [4.69, 9.17) is 0 Å². The van der Waals surface area contributed by atoms with Crippen molar-refractivity contribution >= 4 is 15.7 Å².